The van der Waals surface area contributed by atoms with Gasteiger partial charge in [-0.15, -0.1) is 0 Å². The van der Waals surface area contributed by atoms with E-state index in [-0.39, 0.29) is 11.5 Å². The van der Waals surface area contributed by atoms with Crippen molar-refractivity contribution in [2.75, 3.05) is 0 Å². The van der Waals surface area contributed by atoms with Crippen LogP contribution in [0.15, 0.2) is 0 Å². The molecule has 0 aromatic carbocycles. The number of hydrogen-bond acceptors (Lipinski definition) is 3. The second kappa shape index (κ2) is 5.32. The Kier molecular flexibility index (Phi) is 3.62. The van der Waals surface area contributed by atoms with E-state index in [1.54, 1.807) is 0 Å². The van der Waals surface area contributed by atoms with Crippen LogP contribution >= 0.6 is 0 Å². The lowest BCUT2D eigenvalue weighted by atomic mass is 9.45. The van der Waals surface area contributed by atoms with Crippen LogP contribution in [0.3, 0.4) is 0 Å². The van der Waals surface area contributed by atoms with Crippen LogP contribution in [-0.2, 0) is 14.3 Å². The van der Waals surface area contributed by atoms with Crippen molar-refractivity contribution >= 4 is 12.3 Å². The summed E-state index contributed by atoms with van der Waals surface area (Å²) in [6.45, 7) is 5.52. The summed E-state index contributed by atoms with van der Waals surface area (Å²) in [5.74, 6) is 3.39. The van der Waals surface area contributed by atoms with Gasteiger partial charge in [0.2, 0.25) is 0 Å². The fourth-order valence-corrected chi connectivity index (χ4v) is 7.29. The van der Waals surface area contributed by atoms with Gasteiger partial charge in [-0.25, -0.2) is 0 Å². The highest BCUT2D eigenvalue weighted by molar-refractivity contribution is 5.79. The fourth-order valence-electron chi connectivity index (χ4n) is 7.29. The first-order valence-electron chi connectivity index (χ1n) is 9.60. The van der Waals surface area contributed by atoms with Gasteiger partial charge in [0.15, 0.2) is 0 Å². The van der Waals surface area contributed by atoms with E-state index in [9.17, 15) is 9.59 Å². The van der Waals surface area contributed by atoms with Crippen LogP contribution in [0, 0.1) is 34.5 Å². The first-order valence-corrected chi connectivity index (χ1v) is 9.60. The number of fused-ring (bicyclic) bond motifs is 5. The van der Waals surface area contributed by atoms with Gasteiger partial charge in [-0.3, -0.25) is 9.59 Å². The average molecular weight is 318 g/mol. The van der Waals surface area contributed by atoms with Crippen LogP contribution in [0.5, 0.6) is 0 Å². The fraction of sp³-hybridized carbons (Fsp3) is 0.900. The minimum absolute atomic E-state index is 0.129. The Bertz CT molecular complexity index is 515. The maximum atomic E-state index is 11.9. The van der Waals surface area contributed by atoms with Crippen LogP contribution in [0.1, 0.15) is 71.6 Å². The third-order valence-electron chi connectivity index (χ3n) is 8.61. The molecule has 4 aliphatic rings. The SMILES string of the molecule is C[C@]12CCC(=O)C[C@H]1CC[C@H]1[C@H]3CC[C@@H](OC=O)[C@]3(C)CC[C@@H]12. The smallest absolute Gasteiger partial charge is 0.293 e. The molecule has 128 valence electrons. The van der Waals surface area contributed by atoms with Gasteiger partial charge in [0.05, 0.1) is 0 Å². The predicted molar refractivity (Wildman–Crippen MR) is 87.7 cm³/mol. The average Bonchev–Trinajstić information content (AvgIpc) is 2.85. The van der Waals surface area contributed by atoms with Gasteiger partial charge in [-0.05, 0) is 74.0 Å². The van der Waals surface area contributed by atoms with E-state index in [0.29, 0.717) is 29.5 Å². The summed E-state index contributed by atoms with van der Waals surface area (Å²) in [6.07, 6.45) is 10.1. The summed E-state index contributed by atoms with van der Waals surface area (Å²) in [7, 11) is 0. The molecule has 4 fully saturated rings. The minimum atomic E-state index is 0.129. The lowest BCUT2D eigenvalue weighted by Gasteiger charge is -2.60. The number of Topliss-reactive ketones (excluding diaryl/α,β-unsaturated/α-hetero) is 1. The lowest BCUT2D eigenvalue weighted by molar-refractivity contribution is -0.153. The highest BCUT2D eigenvalue weighted by atomic mass is 16.5. The van der Waals surface area contributed by atoms with Gasteiger partial charge < -0.3 is 4.74 Å². The van der Waals surface area contributed by atoms with E-state index >= 15 is 0 Å². The molecule has 0 spiro atoms. The van der Waals surface area contributed by atoms with Gasteiger partial charge in [-0.1, -0.05) is 13.8 Å². The number of hydrogen-bond donors (Lipinski definition) is 0. The molecule has 4 saturated carbocycles. The van der Waals surface area contributed by atoms with Gasteiger partial charge in [0.1, 0.15) is 11.9 Å². The van der Waals surface area contributed by atoms with Crippen molar-refractivity contribution in [2.45, 2.75) is 77.7 Å². The molecule has 7 atom stereocenters. The standard InChI is InChI=1S/C20H30O3/c1-19-9-7-14(22)11-13(19)3-4-15-16-5-6-18(23-12-21)20(16,2)10-8-17(15)19/h12-13,15-18H,3-11H2,1-2H3/t13-,15+,16-,17+,18-,19+,20-/m1/s1. The predicted octanol–water partition coefficient (Wildman–Crippen LogP) is 4.14. The molecule has 4 rings (SSSR count). The second-order valence-corrected chi connectivity index (χ2v) is 9.24. The molecule has 0 N–H and O–H groups in total. The molecular weight excluding hydrogens is 288 g/mol. The lowest BCUT2D eigenvalue weighted by Crippen LogP contribution is -2.54. The van der Waals surface area contributed by atoms with Crippen LogP contribution in [-0.4, -0.2) is 18.4 Å². The molecule has 0 bridgehead atoms. The van der Waals surface area contributed by atoms with Gasteiger partial charge in [0.25, 0.3) is 6.47 Å². The number of ether oxygens (including phenoxy) is 1. The highest BCUT2D eigenvalue weighted by Gasteiger charge is 2.60. The Hall–Kier alpha value is -0.860. The summed E-state index contributed by atoms with van der Waals surface area (Å²) in [6, 6.07) is 0. The number of carbonyl (C=O) groups is 2. The zero-order chi connectivity index (χ0) is 16.2. The molecule has 4 aliphatic carbocycles. The molecule has 0 saturated heterocycles. The molecule has 0 aliphatic heterocycles. The molecule has 0 heterocycles. The number of carbonyl (C=O) groups excluding carboxylic acids is 2. The largest absolute Gasteiger partial charge is 0.464 e. The highest BCUT2D eigenvalue weighted by Crippen LogP contribution is 2.66. The molecule has 0 aromatic rings. The Morgan fingerprint density at radius 3 is 2.57 bits per heavy atom. The Balaban J connectivity index is 1.60. The monoisotopic (exact) mass is 318 g/mol. The van der Waals surface area contributed by atoms with Crippen LogP contribution in [0.2, 0.25) is 0 Å². The summed E-state index contributed by atoms with van der Waals surface area (Å²) < 4.78 is 5.48. The summed E-state index contributed by atoms with van der Waals surface area (Å²) in [5.41, 5.74) is 0.567. The van der Waals surface area contributed by atoms with Crippen molar-refractivity contribution in [3.63, 3.8) is 0 Å². The van der Waals surface area contributed by atoms with E-state index < -0.39 is 0 Å². The maximum Gasteiger partial charge on any atom is 0.293 e. The summed E-state index contributed by atoms with van der Waals surface area (Å²) in [5, 5.41) is 0. The van der Waals surface area contributed by atoms with Gasteiger partial charge >= 0.3 is 0 Å². The first-order chi connectivity index (χ1) is 11.0. The number of rotatable bonds is 2. The van der Waals surface area contributed by atoms with Crippen molar-refractivity contribution < 1.29 is 14.3 Å². The first kappa shape index (κ1) is 15.7. The molecular formula is C20H30O3. The molecule has 0 amide bonds. The van der Waals surface area contributed by atoms with E-state index in [1.165, 1.54) is 32.1 Å². The van der Waals surface area contributed by atoms with Crippen LogP contribution in [0.4, 0.5) is 0 Å². The third kappa shape index (κ3) is 2.14. The molecule has 3 nitrogen and oxygen atoms in total. The summed E-state index contributed by atoms with van der Waals surface area (Å²) >= 11 is 0. The quantitative estimate of drug-likeness (QED) is 0.719. The molecule has 23 heavy (non-hydrogen) atoms. The van der Waals surface area contributed by atoms with Crippen molar-refractivity contribution in [3.05, 3.63) is 0 Å². The minimum Gasteiger partial charge on any atom is -0.464 e. The van der Waals surface area contributed by atoms with Crippen molar-refractivity contribution in [3.8, 4) is 0 Å². The third-order valence-corrected chi connectivity index (χ3v) is 8.61. The molecule has 3 heteroatoms. The maximum absolute atomic E-state index is 11.9. The molecule has 0 unspecified atom stereocenters. The van der Waals surface area contributed by atoms with Crippen molar-refractivity contribution in [1.82, 2.24) is 0 Å². The topological polar surface area (TPSA) is 43.4 Å². The second-order valence-electron chi connectivity index (χ2n) is 9.24. The van der Waals surface area contributed by atoms with E-state index in [4.69, 9.17) is 4.74 Å². The van der Waals surface area contributed by atoms with Crippen molar-refractivity contribution in [1.29, 1.82) is 0 Å². The van der Waals surface area contributed by atoms with Crippen molar-refractivity contribution in [2.24, 2.45) is 34.5 Å². The zero-order valence-corrected chi connectivity index (χ0v) is 14.6. The molecule has 0 aromatic heterocycles. The van der Waals surface area contributed by atoms with Crippen LogP contribution in [0.25, 0.3) is 0 Å². The van der Waals surface area contributed by atoms with Crippen LogP contribution < -0.4 is 0 Å². The normalized spacial score (nSPS) is 52.3. The van der Waals surface area contributed by atoms with E-state index in [1.807, 2.05) is 0 Å². The van der Waals surface area contributed by atoms with E-state index in [2.05, 4.69) is 13.8 Å². The number of ketones is 1. The van der Waals surface area contributed by atoms with Gasteiger partial charge in [0, 0.05) is 18.3 Å². The van der Waals surface area contributed by atoms with E-state index in [0.717, 1.165) is 37.5 Å². The molecule has 0 radical (unpaired) electrons. The zero-order valence-electron chi connectivity index (χ0n) is 14.6. The Morgan fingerprint density at radius 2 is 1.78 bits per heavy atom. The Morgan fingerprint density at radius 1 is 1.00 bits per heavy atom. The Labute approximate surface area is 139 Å². The summed E-state index contributed by atoms with van der Waals surface area (Å²) in [4.78, 5) is 22.8. The van der Waals surface area contributed by atoms with Gasteiger partial charge in [-0.2, -0.15) is 0 Å².